The first-order valence-electron chi connectivity index (χ1n) is 8.79. The molecule has 0 radical (unpaired) electrons. The summed E-state index contributed by atoms with van der Waals surface area (Å²) in [6.07, 6.45) is 1.43. The van der Waals surface area contributed by atoms with Gasteiger partial charge in [0.2, 0.25) is 5.95 Å². The van der Waals surface area contributed by atoms with Gasteiger partial charge in [0.1, 0.15) is 17.4 Å². The number of halogens is 1. The maximum Gasteiger partial charge on any atom is 0.270 e. The van der Waals surface area contributed by atoms with Crippen molar-refractivity contribution >= 4 is 12.2 Å². The van der Waals surface area contributed by atoms with E-state index in [2.05, 4.69) is 20.5 Å². The molecule has 0 aliphatic rings. The van der Waals surface area contributed by atoms with E-state index in [4.69, 9.17) is 0 Å². The summed E-state index contributed by atoms with van der Waals surface area (Å²) in [5.41, 5.74) is 4.26. The average Bonchev–Trinajstić information content (AvgIpc) is 2.67. The zero-order valence-electron chi connectivity index (χ0n) is 16.0. The van der Waals surface area contributed by atoms with Crippen LogP contribution in [0.3, 0.4) is 0 Å². The zero-order chi connectivity index (χ0) is 20.8. The molecule has 3 rings (SSSR count). The molecule has 0 fully saturated rings. The molecule has 0 atom stereocenters. The van der Waals surface area contributed by atoms with Gasteiger partial charge in [-0.25, -0.2) is 14.8 Å². The van der Waals surface area contributed by atoms with Gasteiger partial charge in [-0.1, -0.05) is 30.3 Å². The number of rotatable bonds is 6. The van der Waals surface area contributed by atoms with Crippen LogP contribution in [-0.2, 0) is 6.54 Å². The molecule has 0 amide bonds. The van der Waals surface area contributed by atoms with Crippen LogP contribution in [0.15, 0.2) is 58.4 Å². The van der Waals surface area contributed by atoms with Crippen LogP contribution in [0.4, 0.5) is 10.3 Å². The quantitative estimate of drug-likeness (QED) is 0.498. The summed E-state index contributed by atoms with van der Waals surface area (Å²) in [6.45, 7) is 0.594. The lowest BCUT2D eigenvalue weighted by Crippen LogP contribution is -2.16. The molecular weight excluding hydrogens is 371 g/mol. The lowest BCUT2D eigenvalue weighted by Gasteiger charge is -2.10. The normalized spacial score (nSPS) is 11.0. The van der Waals surface area contributed by atoms with E-state index in [-0.39, 0.29) is 23.0 Å². The Balaban J connectivity index is 1.86. The summed E-state index contributed by atoms with van der Waals surface area (Å²) in [5.74, 6) is -0.281. The van der Waals surface area contributed by atoms with Crippen molar-refractivity contribution < 1.29 is 4.39 Å². The summed E-state index contributed by atoms with van der Waals surface area (Å²) >= 11 is 0. The van der Waals surface area contributed by atoms with Crippen molar-refractivity contribution in [2.45, 2.75) is 6.54 Å². The SMILES string of the molecule is CN(C)Cc1cc(F)cc(C=NNc2nc(-c3ccccc3)c(C#N)c(=O)[nH]2)c1. The number of hydrazone groups is 1. The zero-order valence-corrected chi connectivity index (χ0v) is 16.0. The van der Waals surface area contributed by atoms with Gasteiger partial charge >= 0.3 is 0 Å². The minimum Gasteiger partial charge on any atom is -0.305 e. The highest BCUT2D eigenvalue weighted by atomic mass is 19.1. The van der Waals surface area contributed by atoms with E-state index in [1.54, 1.807) is 24.3 Å². The number of benzene rings is 2. The smallest absolute Gasteiger partial charge is 0.270 e. The van der Waals surface area contributed by atoms with Crippen LogP contribution in [0.1, 0.15) is 16.7 Å². The van der Waals surface area contributed by atoms with Crippen molar-refractivity contribution in [3.63, 3.8) is 0 Å². The molecule has 7 nitrogen and oxygen atoms in total. The molecule has 0 bridgehead atoms. The lowest BCUT2D eigenvalue weighted by molar-refractivity contribution is 0.401. The maximum absolute atomic E-state index is 13.8. The van der Waals surface area contributed by atoms with Crippen molar-refractivity contribution in [1.82, 2.24) is 14.9 Å². The number of hydrogen-bond acceptors (Lipinski definition) is 6. The van der Waals surface area contributed by atoms with Crippen LogP contribution >= 0.6 is 0 Å². The van der Waals surface area contributed by atoms with E-state index in [1.165, 1.54) is 18.3 Å². The van der Waals surface area contributed by atoms with Crippen LogP contribution in [0.2, 0.25) is 0 Å². The predicted molar refractivity (Wildman–Crippen MR) is 110 cm³/mol. The highest BCUT2D eigenvalue weighted by Crippen LogP contribution is 2.19. The van der Waals surface area contributed by atoms with Crippen LogP contribution < -0.4 is 11.0 Å². The molecule has 0 unspecified atom stereocenters. The number of aromatic nitrogens is 2. The summed E-state index contributed by atoms with van der Waals surface area (Å²) in [4.78, 5) is 20.9. The van der Waals surface area contributed by atoms with Gasteiger partial charge in [-0.15, -0.1) is 0 Å². The Labute approximate surface area is 167 Å². The standard InChI is InChI=1S/C21H19FN6O/c1-28(2)13-15-8-14(9-17(22)10-15)12-24-27-21-25-19(16-6-4-3-5-7-16)18(11-23)20(29)26-21/h3-10,12H,13H2,1-2H3,(H2,25,26,27,29). The second kappa shape index (κ2) is 8.91. The molecule has 0 spiro atoms. The first kappa shape index (κ1) is 19.9. The highest BCUT2D eigenvalue weighted by Gasteiger charge is 2.12. The van der Waals surface area contributed by atoms with E-state index in [0.29, 0.717) is 17.7 Å². The number of anilines is 1. The third kappa shape index (κ3) is 5.12. The molecule has 0 aliphatic carbocycles. The van der Waals surface area contributed by atoms with Crippen LogP contribution in [0.25, 0.3) is 11.3 Å². The number of nitriles is 1. The van der Waals surface area contributed by atoms with Gasteiger partial charge in [-0.05, 0) is 43.4 Å². The number of nitrogens with one attached hydrogen (secondary N) is 2. The molecule has 8 heteroatoms. The monoisotopic (exact) mass is 390 g/mol. The maximum atomic E-state index is 13.8. The molecule has 2 N–H and O–H groups in total. The van der Waals surface area contributed by atoms with Crippen molar-refractivity contribution in [3.8, 4) is 17.3 Å². The van der Waals surface area contributed by atoms with Gasteiger partial charge < -0.3 is 4.90 Å². The summed E-state index contributed by atoms with van der Waals surface area (Å²) in [7, 11) is 3.80. The topological polar surface area (TPSA) is 97.2 Å². The second-order valence-corrected chi connectivity index (χ2v) is 6.62. The van der Waals surface area contributed by atoms with E-state index >= 15 is 0 Å². The van der Waals surface area contributed by atoms with Gasteiger partial charge in [0, 0.05) is 12.1 Å². The fourth-order valence-electron chi connectivity index (χ4n) is 2.81. The van der Waals surface area contributed by atoms with Crippen molar-refractivity contribution in [2.75, 3.05) is 19.5 Å². The molecule has 0 saturated carbocycles. The van der Waals surface area contributed by atoms with Crippen molar-refractivity contribution in [2.24, 2.45) is 5.10 Å². The third-order valence-electron chi connectivity index (χ3n) is 3.94. The number of hydrogen-bond donors (Lipinski definition) is 2. The lowest BCUT2D eigenvalue weighted by atomic mass is 10.1. The Morgan fingerprint density at radius 1 is 1.28 bits per heavy atom. The van der Waals surface area contributed by atoms with Crippen LogP contribution in [0, 0.1) is 17.1 Å². The molecule has 2 aromatic carbocycles. The molecular formula is C21H19FN6O. The van der Waals surface area contributed by atoms with Crippen molar-refractivity contribution in [3.05, 3.63) is 81.4 Å². The number of H-pyrrole nitrogens is 1. The fourth-order valence-corrected chi connectivity index (χ4v) is 2.81. The Kier molecular flexibility index (Phi) is 6.12. The van der Waals surface area contributed by atoms with E-state index in [1.807, 2.05) is 37.2 Å². The minimum atomic E-state index is -0.571. The summed E-state index contributed by atoms with van der Waals surface area (Å²) in [5, 5.41) is 13.3. The van der Waals surface area contributed by atoms with Gasteiger partial charge in [0.05, 0.1) is 11.9 Å². The molecule has 146 valence electrons. The average molecular weight is 390 g/mol. The van der Waals surface area contributed by atoms with Gasteiger partial charge in [0.15, 0.2) is 0 Å². The first-order valence-corrected chi connectivity index (χ1v) is 8.79. The number of nitrogens with zero attached hydrogens (tertiary/aromatic N) is 4. The summed E-state index contributed by atoms with van der Waals surface area (Å²) in [6, 6.07) is 15.5. The van der Waals surface area contributed by atoms with E-state index < -0.39 is 5.56 Å². The number of aromatic amines is 1. The highest BCUT2D eigenvalue weighted by molar-refractivity contribution is 5.80. The Morgan fingerprint density at radius 2 is 2.03 bits per heavy atom. The molecule has 1 heterocycles. The Hall–Kier alpha value is -3.83. The molecule has 3 aromatic rings. The second-order valence-electron chi connectivity index (χ2n) is 6.62. The Morgan fingerprint density at radius 3 is 2.72 bits per heavy atom. The van der Waals surface area contributed by atoms with Crippen LogP contribution in [0.5, 0.6) is 0 Å². The molecule has 0 saturated heterocycles. The van der Waals surface area contributed by atoms with Gasteiger partial charge in [-0.3, -0.25) is 9.78 Å². The van der Waals surface area contributed by atoms with E-state index in [9.17, 15) is 14.4 Å². The van der Waals surface area contributed by atoms with Crippen LogP contribution in [-0.4, -0.2) is 35.2 Å². The first-order chi connectivity index (χ1) is 14.0. The van der Waals surface area contributed by atoms with E-state index in [0.717, 1.165) is 5.56 Å². The van der Waals surface area contributed by atoms with Gasteiger partial charge in [0.25, 0.3) is 5.56 Å². The molecule has 1 aromatic heterocycles. The fraction of sp³-hybridized carbons (Fsp3) is 0.143. The molecule has 0 aliphatic heterocycles. The van der Waals surface area contributed by atoms with Gasteiger partial charge in [-0.2, -0.15) is 10.4 Å². The Bertz CT molecular complexity index is 1130. The van der Waals surface area contributed by atoms with Crippen molar-refractivity contribution in [1.29, 1.82) is 5.26 Å². The minimum absolute atomic E-state index is 0.0778. The predicted octanol–water partition coefficient (Wildman–Crippen LogP) is 2.96. The third-order valence-corrected chi connectivity index (χ3v) is 3.94. The largest absolute Gasteiger partial charge is 0.305 e. The summed E-state index contributed by atoms with van der Waals surface area (Å²) < 4.78 is 13.8. The molecule has 29 heavy (non-hydrogen) atoms.